The van der Waals surface area contributed by atoms with Crippen LogP contribution in [0, 0.1) is 5.92 Å². The summed E-state index contributed by atoms with van der Waals surface area (Å²) in [5, 5.41) is 6.59. The van der Waals surface area contributed by atoms with Gasteiger partial charge in [-0.2, -0.15) is 5.10 Å². The van der Waals surface area contributed by atoms with Crippen LogP contribution >= 0.6 is 0 Å². The molecule has 1 aliphatic rings. The minimum Gasteiger partial charge on any atom is -0.466 e. The van der Waals surface area contributed by atoms with E-state index in [9.17, 15) is 4.79 Å². The van der Waals surface area contributed by atoms with Crippen LogP contribution < -0.4 is 0 Å². The van der Waals surface area contributed by atoms with Crippen molar-refractivity contribution in [1.29, 1.82) is 0 Å². The van der Waals surface area contributed by atoms with Gasteiger partial charge in [0.2, 0.25) is 0 Å². The highest BCUT2D eigenvalue weighted by molar-refractivity contribution is 5.77. The van der Waals surface area contributed by atoms with E-state index in [1.54, 1.807) is 6.20 Å². The first kappa shape index (κ1) is 8.29. The Labute approximate surface area is 76.3 Å². The van der Waals surface area contributed by atoms with Gasteiger partial charge in [0.25, 0.3) is 0 Å². The van der Waals surface area contributed by atoms with Crippen molar-refractivity contribution >= 4 is 5.97 Å². The molecule has 1 saturated carbocycles. The van der Waals surface area contributed by atoms with Crippen LogP contribution in [0.1, 0.15) is 24.8 Å². The maximum absolute atomic E-state index is 11.3. The number of aromatic amines is 1. The second-order valence-electron chi connectivity index (χ2n) is 3.23. The molecule has 70 valence electrons. The van der Waals surface area contributed by atoms with Crippen LogP contribution in [0.25, 0.3) is 0 Å². The van der Waals surface area contributed by atoms with Crippen molar-refractivity contribution in [1.82, 2.24) is 10.2 Å². The summed E-state index contributed by atoms with van der Waals surface area (Å²) in [6.45, 7) is 2.29. The monoisotopic (exact) mass is 180 g/mol. The Morgan fingerprint density at radius 1 is 1.85 bits per heavy atom. The molecular weight excluding hydrogens is 168 g/mol. The molecule has 1 N–H and O–H groups in total. The SMILES string of the molecule is CCOC(=O)C1CC1c1cn[nH]c1. The van der Waals surface area contributed by atoms with Crippen molar-refractivity contribution in [3.63, 3.8) is 0 Å². The first-order valence-electron chi connectivity index (χ1n) is 4.48. The summed E-state index contributed by atoms with van der Waals surface area (Å²) in [7, 11) is 0. The molecule has 13 heavy (non-hydrogen) atoms. The van der Waals surface area contributed by atoms with E-state index in [0.29, 0.717) is 12.5 Å². The second-order valence-corrected chi connectivity index (χ2v) is 3.23. The molecule has 0 radical (unpaired) electrons. The van der Waals surface area contributed by atoms with E-state index >= 15 is 0 Å². The number of carbonyl (C=O) groups is 1. The van der Waals surface area contributed by atoms with Crippen molar-refractivity contribution in [2.24, 2.45) is 5.92 Å². The van der Waals surface area contributed by atoms with Gasteiger partial charge >= 0.3 is 5.97 Å². The third kappa shape index (κ3) is 1.56. The Kier molecular flexibility index (Phi) is 2.04. The van der Waals surface area contributed by atoms with E-state index in [4.69, 9.17) is 4.74 Å². The molecule has 4 nitrogen and oxygen atoms in total. The zero-order chi connectivity index (χ0) is 9.26. The van der Waals surface area contributed by atoms with Gasteiger partial charge in [0, 0.05) is 12.1 Å². The van der Waals surface area contributed by atoms with Gasteiger partial charge in [-0.05, 0) is 18.9 Å². The number of nitrogens with zero attached hydrogens (tertiary/aromatic N) is 1. The van der Waals surface area contributed by atoms with Gasteiger partial charge in [-0.15, -0.1) is 0 Å². The molecule has 1 aromatic heterocycles. The highest BCUT2D eigenvalue weighted by Gasteiger charge is 2.45. The summed E-state index contributed by atoms with van der Waals surface area (Å²) in [4.78, 5) is 11.3. The Balaban J connectivity index is 1.92. The molecule has 1 fully saturated rings. The summed E-state index contributed by atoms with van der Waals surface area (Å²) >= 11 is 0. The molecule has 0 bridgehead atoms. The number of aromatic nitrogens is 2. The van der Waals surface area contributed by atoms with Crippen molar-refractivity contribution in [2.45, 2.75) is 19.3 Å². The van der Waals surface area contributed by atoms with Crippen LogP contribution in [0.4, 0.5) is 0 Å². The lowest BCUT2D eigenvalue weighted by Gasteiger charge is -1.98. The predicted molar refractivity (Wildman–Crippen MR) is 46.1 cm³/mol. The third-order valence-electron chi connectivity index (χ3n) is 2.33. The average Bonchev–Trinajstić information content (AvgIpc) is 2.74. The van der Waals surface area contributed by atoms with Crippen LogP contribution in [0.2, 0.25) is 0 Å². The van der Waals surface area contributed by atoms with E-state index in [-0.39, 0.29) is 11.9 Å². The molecule has 1 aromatic rings. The Bertz CT molecular complexity index is 295. The van der Waals surface area contributed by atoms with Crippen LogP contribution in [-0.2, 0) is 9.53 Å². The molecule has 0 saturated heterocycles. The minimum absolute atomic E-state index is 0.0672. The van der Waals surface area contributed by atoms with Crippen LogP contribution in [0.5, 0.6) is 0 Å². The molecule has 2 unspecified atom stereocenters. The molecule has 2 rings (SSSR count). The lowest BCUT2D eigenvalue weighted by molar-refractivity contribution is -0.144. The predicted octanol–water partition coefficient (Wildman–Crippen LogP) is 1.08. The second kappa shape index (κ2) is 3.20. The first-order valence-corrected chi connectivity index (χ1v) is 4.48. The quantitative estimate of drug-likeness (QED) is 0.708. The molecule has 0 spiro atoms. The van der Waals surface area contributed by atoms with Gasteiger partial charge < -0.3 is 4.74 Å². The Morgan fingerprint density at radius 2 is 2.69 bits per heavy atom. The summed E-state index contributed by atoms with van der Waals surface area (Å²) in [6.07, 6.45) is 4.51. The van der Waals surface area contributed by atoms with Crippen LogP contribution in [0.15, 0.2) is 12.4 Å². The molecule has 0 amide bonds. The third-order valence-corrected chi connectivity index (χ3v) is 2.33. The summed E-state index contributed by atoms with van der Waals surface area (Å²) in [6, 6.07) is 0. The summed E-state index contributed by atoms with van der Waals surface area (Å²) in [5.41, 5.74) is 1.11. The van der Waals surface area contributed by atoms with Crippen LogP contribution in [0.3, 0.4) is 0 Å². The van der Waals surface area contributed by atoms with E-state index < -0.39 is 0 Å². The number of ether oxygens (including phenoxy) is 1. The van der Waals surface area contributed by atoms with Gasteiger partial charge in [0.05, 0.1) is 18.7 Å². The zero-order valence-corrected chi connectivity index (χ0v) is 7.49. The van der Waals surface area contributed by atoms with Crippen LogP contribution in [-0.4, -0.2) is 22.8 Å². The zero-order valence-electron chi connectivity index (χ0n) is 7.49. The Morgan fingerprint density at radius 3 is 3.31 bits per heavy atom. The van der Waals surface area contributed by atoms with Gasteiger partial charge in [-0.3, -0.25) is 9.89 Å². The number of hydrogen-bond donors (Lipinski definition) is 1. The average molecular weight is 180 g/mol. The maximum Gasteiger partial charge on any atom is 0.309 e. The maximum atomic E-state index is 11.3. The number of esters is 1. The number of hydrogen-bond acceptors (Lipinski definition) is 3. The standard InChI is InChI=1S/C9H12N2O2/c1-2-13-9(12)8-3-7(8)6-4-10-11-5-6/h4-5,7-8H,2-3H2,1H3,(H,10,11). The molecule has 1 aliphatic carbocycles. The van der Waals surface area contributed by atoms with Gasteiger partial charge in [0.15, 0.2) is 0 Å². The molecular formula is C9H12N2O2. The van der Waals surface area contributed by atoms with Crippen molar-refractivity contribution in [3.05, 3.63) is 18.0 Å². The number of carbonyl (C=O) groups excluding carboxylic acids is 1. The minimum atomic E-state index is -0.0753. The first-order chi connectivity index (χ1) is 6.33. The van der Waals surface area contributed by atoms with E-state index in [1.807, 2.05) is 13.1 Å². The van der Waals surface area contributed by atoms with Crippen molar-refractivity contribution in [2.75, 3.05) is 6.61 Å². The van der Waals surface area contributed by atoms with E-state index in [0.717, 1.165) is 12.0 Å². The number of rotatable bonds is 3. The van der Waals surface area contributed by atoms with Crippen molar-refractivity contribution < 1.29 is 9.53 Å². The molecule has 1 heterocycles. The smallest absolute Gasteiger partial charge is 0.309 e. The highest BCUT2D eigenvalue weighted by atomic mass is 16.5. The molecule has 4 heteroatoms. The largest absolute Gasteiger partial charge is 0.466 e. The highest BCUT2D eigenvalue weighted by Crippen LogP contribution is 2.47. The molecule has 2 atom stereocenters. The molecule has 0 aliphatic heterocycles. The van der Waals surface area contributed by atoms with Gasteiger partial charge in [-0.1, -0.05) is 0 Å². The summed E-state index contributed by atoms with van der Waals surface area (Å²) in [5.74, 6) is 0.323. The fourth-order valence-electron chi connectivity index (χ4n) is 1.54. The number of H-pyrrole nitrogens is 1. The Hall–Kier alpha value is -1.32. The lowest BCUT2D eigenvalue weighted by Crippen LogP contribution is -2.06. The lowest BCUT2D eigenvalue weighted by atomic mass is 10.2. The van der Waals surface area contributed by atoms with Gasteiger partial charge in [-0.25, -0.2) is 0 Å². The van der Waals surface area contributed by atoms with Gasteiger partial charge in [0.1, 0.15) is 0 Å². The van der Waals surface area contributed by atoms with E-state index in [1.165, 1.54) is 0 Å². The topological polar surface area (TPSA) is 55.0 Å². The fraction of sp³-hybridized carbons (Fsp3) is 0.556. The summed E-state index contributed by atoms with van der Waals surface area (Å²) < 4.78 is 4.92. The fourth-order valence-corrected chi connectivity index (χ4v) is 1.54. The van der Waals surface area contributed by atoms with E-state index in [2.05, 4.69) is 10.2 Å². The van der Waals surface area contributed by atoms with Crippen molar-refractivity contribution in [3.8, 4) is 0 Å². The number of nitrogens with one attached hydrogen (secondary N) is 1. The molecule has 0 aromatic carbocycles. The normalized spacial score (nSPS) is 25.6.